The molecular weight excluding hydrogens is 204 g/mol. The summed E-state index contributed by atoms with van der Waals surface area (Å²) in [5.41, 5.74) is 0.967. The van der Waals surface area contributed by atoms with Gasteiger partial charge in [-0.15, -0.1) is 0 Å². The predicted octanol–water partition coefficient (Wildman–Crippen LogP) is 2.42. The highest BCUT2D eigenvalue weighted by Gasteiger charge is 2.10. The second-order valence-electron chi connectivity index (χ2n) is 3.59. The van der Waals surface area contributed by atoms with Gasteiger partial charge in [0.2, 0.25) is 0 Å². The number of ether oxygens (including phenoxy) is 1. The van der Waals surface area contributed by atoms with Crippen LogP contribution in [0.1, 0.15) is 25.3 Å². The van der Waals surface area contributed by atoms with E-state index in [1.165, 1.54) is 0 Å². The summed E-state index contributed by atoms with van der Waals surface area (Å²) in [5.74, 6) is 0.813. The van der Waals surface area contributed by atoms with Gasteiger partial charge < -0.3 is 10.1 Å². The fourth-order valence-electron chi connectivity index (χ4n) is 1.30. The molecule has 0 saturated carbocycles. The fourth-order valence-corrected chi connectivity index (χ4v) is 1.30. The van der Waals surface area contributed by atoms with Crippen LogP contribution in [0.3, 0.4) is 0 Å². The molecule has 4 heteroatoms. The highest BCUT2D eigenvalue weighted by molar-refractivity contribution is 5.71. The lowest BCUT2D eigenvalue weighted by Crippen LogP contribution is -2.27. The second kappa shape index (κ2) is 5.76. The molecule has 0 bridgehead atoms. The lowest BCUT2D eigenvalue weighted by molar-refractivity contribution is 0.201. The van der Waals surface area contributed by atoms with E-state index in [0.717, 1.165) is 5.56 Å². The van der Waals surface area contributed by atoms with Crippen LogP contribution in [-0.4, -0.2) is 12.6 Å². The summed E-state index contributed by atoms with van der Waals surface area (Å²) < 4.78 is 5.11. The van der Waals surface area contributed by atoms with Gasteiger partial charge in [-0.2, -0.15) is 5.26 Å². The zero-order valence-electron chi connectivity index (χ0n) is 9.36. The third-order valence-electron chi connectivity index (χ3n) is 2.06. The maximum atomic E-state index is 11.3. The van der Waals surface area contributed by atoms with Crippen LogP contribution in [-0.2, 0) is 0 Å². The minimum Gasteiger partial charge on any atom is -0.410 e. The number of nitrogens with zero attached hydrogens (tertiary/aromatic N) is 1. The summed E-state index contributed by atoms with van der Waals surface area (Å²) in [5, 5.41) is 10.6. The summed E-state index contributed by atoms with van der Waals surface area (Å²) >= 11 is 0. The van der Waals surface area contributed by atoms with E-state index in [4.69, 9.17) is 10.00 Å². The van der Waals surface area contributed by atoms with Crippen molar-refractivity contribution in [1.82, 2.24) is 5.32 Å². The topological polar surface area (TPSA) is 62.1 Å². The molecule has 4 nitrogen and oxygen atoms in total. The monoisotopic (exact) mass is 218 g/mol. The molecule has 0 atom stereocenters. The molecule has 0 unspecified atom stereocenters. The van der Waals surface area contributed by atoms with Crippen molar-refractivity contribution in [2.24, 2.45) is 0 Å². The Labute approximate surface area is 94.8 Å². The zero-order chi connectivity index (χ0) is 12.0. The number of hydrogen-bond acceptors (Lipinski definition) is 3. The van der Waals surface area contributed by atoms with Crippen LogP contribution in [0.4, 0.5) is 4.79 Å². The van der Waals surface area contributed by atoms with Gasteiger partial charge in [-0.3, -0.25) is 0 Å². The minimum absolute atomic E-state index is 0.0529. The van der Waals surface area contributed by atoms with E-state index >= 15 is 0 Å². The zero-order valence-corrected chi connectivity index (χ0v) is 9.36. The quantitative estimate of drug-likeness (QED) is 0.792. The number of nitrogens with one attached hydrogen (secondary N) is 1. The van der Waals surface area contributed by atoms with Gasteiger partial charge in [-0.25, -0.2) is 4.79 Å². The maximum absolute atomic E-state index is 11.3. The SMILES string of the molecule is CC(C)c1ccccc1OC(=O)NCC#N. The van der Waals surface area contributed by atoms with Crippen molar-refractivity contribution in [2.75, 3.05) is 6.54 Å². The Morgan fingerprint density at radius 2 is 2.19 bits per heavy atom. The number of carbonyl (C=O) groups excluding carboxylic acids is 1. The van der Waals surface area contributed by atoms with Gasteiger partial charge in [0.15, 0.2) is 0 Å². The molecule has 0 spiro atoms. The summed E-state index contributed by atoms with van der Waals surface area (Å²) in [7, 11) is 0. The molecule has 0 aliphatic heterocycles. The Kier molecular flexibility index (Phi) is 4.34. The van der Waals surface area contributed by atoms with Gasteiger partial charge in [-0.05, 0) is 17.5 Å². The lowest BCUT2D eigenvalue weighted by atomic mass is 10.0. The normalized spacial score (nSPS) is 9.62. The van der Waals surface area contributed by atoms with Gasteiger partial charge >= 0.3 is 6.09 Å². The Hall–Kier alpha value is -2.02. The average molecular weight is 218 g/mol. The lowest BCUT2D eigenvalue weighted by Gasteiger charge is -2.12. The molecule has 0 aliphatic rings. The molecule has 0 radical (unpaired) electrons. The summed E-state index contributed by atoms with van der Waals surface area (Å²) in [6.07, 6.45) is -0.602. The number of carbonyl (C=O) groups is 1. The van der Waals surface area contributed by atoms with Crippen LogP contribution in [0.15, 0.2) is 24.3 Å². The first kappa shape index (κ1) is 12.1. The first-order valence-electron chi connectivity index (χ1n) is 5.06. The van der Waals surface area contributed by atoms with Gasteiger partial charge in [0.25, 0.3) is 0 Å². The van der Waals surface area contributed by atoms with Crippen LogP contribution in [0.25, 0.3) is 0 Å². The number of amides is 1. The van der Waals surface area contributed by atoms with Crippen molar-refractivity contribution in [3.8, 4) is 11.8 Å². The molecule has 1 rings (SSSR count). The minimum atomic E-state index is -0.602. The van der Waals surface area contributed by atoms with Crippen LogP contribution < -0.4 is 10.1 Å². The molecule has 0 aliphatic carbocycles. The van der Waals surface area contributed by atoms with Gasteiger partial charge in [0, 0.05) is 0 Å². The van der Waals surface area contributed by atoms with Crippen molar-refractivity contribution in [2.45, 2.75) is 19.8 Å². The van der Waals surface area contributed by atoms with E-state index in [9.17, 15) is 4.79 Å². The van der Waals surface area contributed by atoms with Crippen molar-refractivity contribution in [3.63, 3.8) is 0 Å². The molecular formula is C12H14N2O2. The molecule has 0 aromatic heterocycles. The molecule has 1 N–H and O–H groups in total. The Bertz CT molecular complexity index is 408. The van der Waals surface area contributed by atoms with Crippen LogP contribution >= 0.6 is 0 Å². The third kappa shape index (κ3) is 3.28. The standard InChI is InChI=1S/C12H14N2O2/c1-9(2)10-5-3-4-6-11(10)16-12(15)14-8-7-13/h3-6,9H,8H2,1-2H3,(H,14,15). The third-order valence-corrected chi connectivity index (χ3v) is 2.06. The highest BCUT2D eigenvalue weighted by Crippen LogP contribution is 2.25. The van der Waals surface area contributed by atoms with Crippen molar-refractivity contribution < 1.29 is 9.53 Å². The number of rotatable bonds is 3. The van der Waals surface area contributed by atoms with Crippen molar-refractivity contribution in [3.05, 3.63) is 29.8 Å². The molecule has 1 amide bonds. The van der Waals surface area contributed by atoms with Crippen LogP contribution in [0.2, 0.25) is 0 Å². The highest BCUT2D eigenvalue weighted by atomic mass is 16.6. The molecule has 1 aromatic rings. The summed E-state index contributed by atoms with van der Waals surface area (Å²) in [4.78, 5) is 11.3. The number of hydrogen-bond donors (Lipinski definition) is 1. The Morgan fingerprint density at radius 1 is 1.50 bits per heavy atom. The molecule has 0 fully saturated rings. The van der Waals surface area contributed by atoms with Crippen LogP contribution in [0.5, 0.6) is 5.75 Å². The number of nitriles is 1. The number of benzene rings is 1. The predicted molar refractivity (Wildman–Crippen MR) is 60.2 cm³/mol. The summed E-state index contributed by atoms with van der Waals surface area (Å²) in [6.45, 7) is 3.99. The van der Waals surface area contributed by atoms with E-state index in [2.05, 4.69) is 5.32 Å². The van der Waals surface area contributed by atoms with E-state index in [0.29, 0.717) is 5.75 Å². The largest absolute Gasteiger partial charge is 0.413 e. The Balaban J connectivity index is 2.73. The Morgan fingerprint density at radius 3 is 2.81 bits per heavy atom. The van der Waals surface area contributed by atoms with Gasteiger partial charge in [0.05, 0.1) is 6.07 Å². The fraction of sp³-hybridized carbons (Fsp3) is 0.333. The second-order valence-corrected chi connectivity index (χ2v) is 3.59. The van der Waals surface area contributed by atoms with E-state index in [1.54, 1.807) is 12.1 Å². The number of para-hydroxylation sites is 1. The van der Waals surface area contributed by atoms with Crippen molar-refractivity contribution >= 4 is 6.09 Å². The molecule has 0 saturated heterocycles. The summed E-state index contributed by atoms with van der Waals surface area (Å²) in [6, 6.07) is 9.16. The smallest absolute Gasteiger partial charge is 0.410 e. The van der Waals surface area contributed by atoms with Crippen molar-refractivity contribution in [1.29, 1.82) is 5.26 Å². The first-order valence-corrected chi connectivity index (χ1v) is 5.06. The van der Waals surface area contributed by atoms with Gasteiger partial charge in [-0.1, -0.05) is 32.0 Å². The molecule has 0 heterocycles. The average Bonchev–Trinajstić information content (AvgIpc) is 2.27. The molecule has 1 aromatic carbocycles. The molecule has 16 heavy (non-hydrogen) atoms. The maximum Gasteiger partial charge on any atom is 0.413 e. The van der Waals surface area contributed by atoms with Gasteiger partial charge in [0.1, 0.15) is 12.3 Å². The molecule has 84 valence electrons. The first-order chi connectivity index (χ1) is 7.65. The van der Waals surface area contributed by atoms with E-state index < -0.39 is 6.09 Å². The van der Waals surface area contributed by atoms with Crippen LogP contribution in [0, 0.1) is 11.3 Å². The van der Waals surface area contributed by atoms with E-state index in [-0.39, 0.29) is 12.5 Å². The van der Waals surface area contributed by atoms with E-state index in [1.807, 2.05) is 32.0 Å².